The predicted molar refractivity (Wildman–Crippen MR) is 116 cm³/mol. The zero-order valence-corrected chi connectivity index (χ0v) is 17.7. The topological polar surface area (TPSA) is 109 Å². The summed E-state index contributed by atoms with van der Waals surface area (Å²) in [5, 5.41) is 8.32. The first kappa shape index (κ1) is 25.4. The summed E-state index contributed by atoms with van der Waals surface area (Å²) >= 11 is 0. The van der Waals surface area contributed by atoms with Crippen LogP contribution in [0.4, 0.5) is 18.9 Å². The van der Waals surface area contributed by atoms with Gasteiger partial charge in [-0.3, -0.25) is 14.4 Å². The van der Waals surface area contributed by atoms with Crippen molar-refractivity contribution in [3.8, 4) is 5.75 Å². The quantitative estimate of drug-likeness (QED) is 0.229. The number of hydrazone groups is 1. The molecule has 3 N–H and O–H groups in total. The van der Waals surface area contributed by atoms with Crippen molar-refractivity contribution in [2.24, 2.45) is 5.10 Å². The Morgan fingerprint density at radius 2 is 1.82 bits per heavy atom. The molecule has 0 aliphatic rings. The second kappa shape index (κ2) is 12.2. The first-order valence-electron chi connectivity index (χ1n) is 10.0. The molecule has 0 fully saturated rings. The van der Waals surface area contributed by atoms with E-state index < -0.39 is 36.1 Å². The van der Waals surface area contributed by atoms with E-state index in [4.69, 9.17) is 4.74 Å². The Kier molecular flexibility index (Phi) is 9.40. The summed E-state index contributed by atoms with van der Waals surface area (Å²) in [7, 11) is 0. The van der Waals surface area contributed by atoms with Gasteiger partial charge in [-0.2, -0.15) is 18.3 Å². The summed E-state index contributed by atoms with van der Waals surface area (Å²) in [6, 6.07) is 10.9. The van der Waals surface area contributed by atoms with E-state index in [1.165, 1.54) is 30.5 Å². The van der Waals surface area contributed by atoms with Crippen LogP contribution in [-0.2, 0) is 20.6 Å². The molecule has 11 heteroatoms. The number of para-hydroxylation sites is 1. The molecule has 0 radical (unpaired) electrons. The molecule has 0 saturated heterocycles. The number of ether oxygens (including phenoxy) is 1. The lowest BCUT2D eigenvalue weighted by Crippen LogP contribution is -2.38. The minimum Gasteiger partial charge on any atom is -0.484 e. The number of halogens is 3. The van der Waals surface area contributed by atoms with Crippen molar-refractivity contribution in [1.29, 1.82) is 0 Å². The van der Waals surface area contributed by atoms with Crippen LogP contribution in [0.3, 0.4) is 0 Å². The number of alkyl halides is 3. The number of benzene rings is 2. The Hall–Kier alpha value is -3.89. The molecule has 0 heterocycles. The molecular formula is C22H23F3N4O4. The molecule has 0 spiro atoms. The highest BCUT2D eigenvalue weighted by atomic mass is 19.4. The third-order valence-electron chi connectivity index (χ3n) is 4.14. The van der Waals surface area contributed by atoms with Crippen molar-refractivity contribution in [3.63, 3.8) is 0 Å². The number of hydrogen-bond acceptors (Lipinski definition) is 5. The van der Waals surface area contributed by atoms with E-state index in [0.717, 1.165) is 25.0 Å². The van der Waals surface area contributed by atoms with Gasteiger partial charge in [-0.25, -0.2) is 5.43 Å². The van der Waals surface area contributed by atoms with Gasteiger partial charge in [0.25, 0.3) is 5.91 Å². The number of hydrogen-bond donors (Lipinski definition) is 3. The number of anilines is 1. The van der Waals surface area contributed by atoms with Crippen LogP contribution >= 0.6 is 0 Å². The normalized spacial score (nSPS) is 11.2. The molecule has 0 aliphatic heterocycles. The minimum atomic E-state index is -4.61. The van der Waals surface area contributed by atoms with E-state index in [1.54, 1.807) is 12.1 Å². The molecule has 2 aromatic rings. The summed E-state index contributed by atoms with van der Waals surface area (Å²) in [5.41, 5.74) is 1.25. The number of unbranched alkanes of at least 4 members (excludes halogenated alkanes) is 1. The summed E-state index contributed by atoms with van der Waals surface area (Å²) in [6.45, 7) is 1.82. The maximum Gasteiger partial charge on any atom is 0.418 e. The van der Waals surface area contributed by atoms with Crippen molar-refractivity contribution in [3.05, 3.63) is 59.7 Å². The Balaban J connectivity index is 1.88. The largest absolute Gasteiger partial charge is 0.484 e. The molecule has 0 unspecified atom stereocenters. The number of nitrogens with zero attached hydrogens (tertiary/aromatic N) is 1. The number of carbonyl (C=O) groups excluding carboxylic acids is 3. The first-order chi connectivity index (χ1) is 15.7. The Morgan fingerprint density at radius 1 is 1.06 bits per heavy atom. The molecule has 33 heavy (non-hydrogen) atoms. The summed E-state index contributed by atoms with van der Waals surface area (Å²) in [6.07, 6.45) is -1.71. The highest BCUT2D eigenvalue weighted by Gasteiger charge is 2.33. The van der Waals surface area contributed by atoms with Gasteiger partial charge in [0.2, 0.25) is 0 Å². The number of nitrogens with one attached hydrogen (secondary N) is 3. The molecule has 0 atom stereocenters. The van der Waals surface area contributed by atoms with E-state index in [0.29, 0.717) is 12.1 Å². The van der Waals surface area contributed by atoms with Gasteiger partial charge >= 0.3 is 18.0 Å². The fourth-order valence-corrected chi connectivity index (χ4v) is 2.53. The van der Waals surface area contributed by atoms with Gasteiger partial charge in [0.1, 0.15) is 5.75 Å². The predicted octanol–water partition coefficient (Wildman–Crippen LogP) is 3.09. The summed E-state index contributed by atoms with van der Waals surface area (Å²) in [4.78, 5) is 35.2. The van der Waals surface area contributed by atoms with Gasteiger partial charge < -0.3 is 15.4 Å². The number of amides is 3. The third-order valence-corrected chi connectivity index (χ3v) is 4.14. The van der Waals surface area contributed by atoms with Crippen LogP contribution in [0.1, 0.15) is 30.9 Å². The monoisotopic (exact) mass is 464 g/mol. The molecule has 0 saturated carbocycles. The molecule has 0 bridgehead atoms. The minimum absolute atomic E-state index is 0.252. The molecule has 8 nitrogen and oxygen atoms in total. The second-order valence-electron chi connectivity index (χ2n) is 6.76. The van der Waals surface area contributed by atoms with Crippen LogP contribution in [0.5, 0.6) is 5.75 Å². The van der Waals surface area contributed by atoms with Gasteiger partial charge in [-0.15, -0.1) is 0 Å². The van der Waals surface area contributed by atoms with Gasteiger partial charge in [0, 0.05) is 6.54 Å². The smallest absolute Gasteiger partial charge is 0.418 e. The molecule has 2 rings (SSSR count). The average Bonchev–Trinajstić information content (AvgIpc) is 2.77. The second-order valence-corrected chi connectivity index (χ2v) is 6.76. The molecule has 0 aliphatic carbocycles. The van der Waals surface area contributed by atoms with Crippen molar-refractivity contribution >= 4 is 29.6 Å². The lowest BCUT2D eigenvalue weighted by Gasteiger charge is -2.13. The molecule has 2 aromatic carbocycles. The van der Waals surface area contributed by atoms with Crippen LogP contribution in [0.25, 0.3) is 0 Å². The molecule has 0 aromatic heterocycles. The fourth-order valence-electron chi connectivity index (χ4n) is 2.53. The van der Waals surface area contributed by atoms with Crippen LogP contribution in [0.2, 0.25) is 0 Å². The summed E-state index contributed by atoms with van der Waals surface area (Å²) in [5.74, 6) is -2.23. The average molecular weight is 464 g/mol. The number of rotatable bonds is 9. The van der Waals surface area contributed by atoms with E-state index in [-0.39, 0.29) is 11.4 Å². The van der Waals surface area contributed by atoms with Crippen LogP contribution < -0.4 is 20.8 Å². The zero-order chi connectivity index (χ0) is 24.3. The maximum absolute atomic E-state index is 13.0. The van der Waals surface area contributed by atoms with Crippen LogP contribution in [0, 0.1) is 0 Å². The molecule has 176 valence electrons. The first-order valence-corrected chi connectivity index (χ1v) is 10.0. The zero-order valence-electron chi connectivity index (χ0n) is 17.7. The van der Waals surface area contributed by atoms with Crippen molar-refractivity contribution < 1.29 is 32.3 Å². The Morgan fingerprint density at radius 3 is 2.55 bits per heavy atom. The van der Waals surface area contributed by atoms with E-state index in [1.807, 2.05) is 6.92 Å². The Labute approximate surface area is 188 Å². The number of carbonyl (C=O) groups is 3. The fraction of sp³-hybridized carbons (Fsp3) is 0.273. The molecule has 3 amide bonds. The van der Waals surface area contributed by atoms with Gasteiger partial charge in [-0.1, -0.05) is 37.6 Å². The standard InChI is InChI=1S/C22H23F3N4O4/c1-2-3-11-26-20(31)21(32)29-27-13-15-7-6-8-16(12-15)33-14-19(30)28-18-10-5-4-9-17(18)22(23,24)25/h4-10,12-13H,2-3,11,14H2,1H3,(H,26,31)(H,28,30)(H,29,32)/b27-13-. The third kappa shape index (κ3) is 8.63. The SMILES string of the molecule is CCCCNC(=O)C(=O)N/N=C\c1cccc(OCC(=O)Nc2ccccc2C(F)(F)F)c1. The van der Waals surface area contributed by atoms with Crippen LogP contribution in [0.15, 0.2) is 53.6 Å². The molecular weight excluding hydrogens is 441 g/mol. The lowest BCUT2D eigenvalue weighted by molar-refractivity contribution is -0.139. The van der Waals surface area contributed by atoms with Gasteiger partial charge in [-0.05, 0) is 36.2 Å². The Bertz CT molecular complexity index is 1010. The van der Waals surface area contributed by atoms with Gasteiger partial charge in [0.05, 0.1) is 17.5 Å². The highest BCUT2D eigenvalue weighted by Crippen LogP contribution is 2.34. The maximum atomic E-state index is 13.0. The van der Waals surface area contributed by atoms with Crippen molar-refractivity contribution in [2.45, 2.75) is 25.9 Å². The van der Waals surface area contributed by atoms with Crippen molar-refractivity contribution in [1.82, 2.24) is 10.7 Å². The van der Waals surface area contributed by atoms with Crippen LogP contribution in [-0.4, -0.2) is 37.1 Å². The summed E-state index contributed by atoms with van der Waals surface area (Å²) < 4.78 is 44.4. The van der Waals surface area contributed by atoms with E-state index in [2.05, 4.69) is 21.2 Å². The lowest BCUT2D eigenvalue weighted by atomic mass is 10.1. The van der Waals surface area contributed by atoms with E-state index in [9.17, 15) is 27.6 Å². The van der Waals surface area contributed by atoms with Gasteiger partial charge in [0.15, 0.2) is 6.61 Å². The highest BCUT2D eigenvalue weighted by molar-refractivity contribution is 6.35. The van der Waals surface area contributed by atoms with Crippen molar-refractivity contribution in [2.75, 3.05) is 18.5 Å². The van der Waals surface area contributed by atoms with E-state index >= 15 is 0 Å².